The lowest BCUT2D eigenvalue weighted by Gasteiger charge is -2.05. The number of anilines is 1. The standard InChI is InChI=1S/C20H20N4O4S/c1-15-7-11-19(12-8-15)29(26,27)22-14-18-10-9-17(28-18)13-21-24-20(25)23-16-5-3-2-4-6-16/h2-13,22H,14H2,1H3,(H2,23,24,25)/b21-13+. The number of hydrazone groups is 1. The SMILES string of the molecule is Cc1ccc(S(=O)(=O)NCc2ccc(/C=N/NC(=O)Nc3ccccc3)o2)cc1. The van der Waals surface area contributed by atoms with Gasteiger partial charge in [-0.1, -0.05) is 35.9 Å². The van der Waals surface area contributed by atoms with Crippen LogP contribution in [-0.2, 0) is 16.6 Å². The average Bonchev–Trinajstić information content (AvgIpc) is 3.15. The Bertz CT molecular complexity index is 1090. The van der Waals surface area contributed by atoms with Gasteiger partial charge in [0.15, 0.2) is 0 Å². The molecule has 1 aromatic heterocycles. The molecule has 9 heteroatoms. The number of nitrogens with one attached hydrogen (secondary N) is 3. The van der Waals surface area contributed by atoms with Crippen LogP contribution in [0.25, 0.3) is 0 Å². The summed E-state index contributed by atoms with van der Waals surface area (Å²) in [6.07, 6.45) is 1.32. The second-order valence-electron chi connectivity index (χ2n) is 6.13. The van der Waals surface area contributed by atoms with E-state index in [0.717, 1.165) is 5.56 Å². The maximum absolute atomic E-state index is 12.3. The fraction of sp³-hybridized carbons (Fsp3) is 0.100. The fourth-order valence-corrected chi connectivity index (χ4v) is 3.35. The molecule has 0 bridgehead atoms. The average molecular weight is 412 g/mol. The van der Waals surface area contributed by atoms with Crippen LogP contribution < -0.4 is 15.5 Å². The van der Waals surface area contributed by atoms with Crippen molar-refractivity contribution >= 4 is 28.0 Å². The van der Waals surface area contributed by atoms with Crippen LogP contribution >= 0.6 is 0 Å². The lowest BCUT2D eigenvalue weighted by Crippen LogP contribution is -2.24. The quantitative estimate of drug-likeness (QED) is 0.408. The topological polar surface area (TPSA) is 113 Å². The van der Waals surface area contributed by atoms with Gasteiger partial charge in [0.05, 0.1) is 17.7 Å². The van der Waals surface area contributed by atoms with Crippen molar-refractivity contribution in [2.75, 3.05) is 5.32 Å². The van der Waals surface area contributed by atoms with Gasteiger partial charge in [0, 0.05) is 5.69 Å². The number of hydrogen-bond acceptors (Lipinski definition) is 5. The van der Waals surface area contributed by atoms with Crippen LogP contribution in [0.2, 0.25) is 0 Å². The minimum Gasteiger partial charge on any atom is -0.459 e. The van der Waals surface area contributed by atoms with Crippen molar-refractivity contribution in [2.45, 2.75) is 18.4 Å². The number of rotatable bonds is 7. The zero-order valence-electron chi connectivity index (χ0n) is 15.6. The minimum atomic E-state index is -3.63. The van der Waals surface area contributed by atoms with Crippen LogP contribution in [-0.4, -0.2) is 20.7 Å². The van der Waals surface area contributed by atoms with Gasteiger partial charge in [-0.25, -0.2) is 23.4 Å². The number of para-hydroxylation sites is 1. The van der Waals surface area contributed by atoms with Gasteiger partial charge in [-0.05, 0) is 43.3 Å². The minimum absolute atomic E-state index is 0.00796. The Morgan fingerprint density at radius 1 is 1.03 bits per heavy atom. The van der Waals surface area contributed by atoms with E-state index in [1.54, 1.807) is 60.7 Å². The van der Waals surface area contributed by atoms with Crippen molar-refractivity contribution in [1.82, 2.24) is 10.1 Å². The molecule has 3 N–H and O–H groups in total. The number of hydrogen-bond donors (Lipinski definition) is 3. The van der Waals surface area contributed by atoms with E-state index in [4.69, 9.17) is 4.42 Å². The van der Waals surface area contributed by atoms with Crippen LogP contribution in [0.5, 0.6) is 0 Å². The Morgan fingerprint density at radius 3 is 2.48 bits per heavy atom. The third-order valence-electron chi connectivity index (χ3n) is 3.84. The Labute approximate surface area is 168 Å². The summed E-state index contributed by atoms with van der Waals surface area (Å²) in [6.45, 7) is 1.88. The van der Waals surface area contributed by atoms with Crippen molar-refractivity contribution in [3.8, 4) is 0 Å². The lowest BCUT2D eigenvalue weighted by molar-refractivity contribution is 0.252. The summed E-state index contributed by atoms with van der Waals surface area (Å²) in [5.41, 5.74) is 3.94. The van der Waals surface area contributed by atoms with E-state index < -0.39 is 16.1 Å². The van der Waals surface area contributed by atoms with Crippen LogP contribution in [0, 0.1) is 6.92 Å². The predicted molar refractivity (Wildman–Crippen MR) is 110 cm³/mol. The maximum Gasteiger partial charge on any atom is 0.339 e. The molecule has 0 aliphatic carbocycles. The second kappa shape index (κ2) is 9.18. The molecule has 0 saturated carbocycles. The summed E-state index contributed by atoms with van der Waals surface area (Å²) < 4.78 is 32.5. The van der Waals surface area contributed by atoms with Gasteiger partial charge in [-0.3, -0.25) is 0 Å². The molecule has 0 fully saturated rings. The van der Waals surface area contributed by atoms with E-state index >= 15 is 0 Å². The van der Waals surface area contributed by atoms with Gasteiger partial charge < -0.3 is 9.73 Å². The number of nitrogens with zero attached hydrogens (tertiary/aromatic N) is 1. The number of aryl methyl sites for hydroxylation is 1. The lowest BCUT2D eigenvalue weighted by atomic mass is 10.2. The van der Waals surface area contributed by atoms with Crippen molar-refractivity contribution in [1.29, 1.82) is 0 Å². The largest absolute Gasteiger partial charge is 0.459 e. The number of urea groups is 1. The van der Waals surface area contributed by atoms with Crippen molar-refractivity contribution < 1.29 is 17.6 Å². The van der Waals surface area contributed by atoms with Gasteiger partial charge >= 0.3 is 6.03 Å². The molecule has 3 rings (SSSR count). The Kier molecular flexibility index (Phi) is 6.43. The van der Waals surface area contributed by atoms with Crippen molar-refractivity contribution in [3.63, 3.8) is 0 Å². The Morgan fingerprint density at radius 2 is 1.76 bits per heavy atom. The Hall–Kier alpha value is -3.43. The smallest absolute Gasteiger partial charge is 0.339 e. The molecule has 0 aliphatic rings. The summed E-state index contributed by atoms with van der Waals surface area (Å²) >= 11 is 0. The molecular weight excluding hydrogens is 392 g/mol. The zero-order chi connectivity index (χ0) is 20.7. The molecule has 8 nitrogen and oxygen atoms in total. The number of furan rings is 1. The van der Waals surface area contributed by atoms with Crippen LogP contribution in [0.15, 0.2) is 81.1 Å². The van der Waals surface area contributed by atoms with Gasteiger partial charge in [0.1, 0.15) is 11.5 Å². The highest BCUT2D eigenvalue weighted by molar-refractivity contribution is 7.89. The molecule has 0 saturated heterocycles. The summed E-state index contributed by atoms with van der Waals surface area (Å²) in [7, 11) is -3.63. The summed E-state index contributed by atoms with van der Waals surface area (Å²) in [6, 6.07) is 18.3. The zero-order valence-corrected chi connectivity index (χ0v) is 16.4. The van der Waals surface area contributed by atoms with Gasteiger partial charge in [-0.2, -0.15) is 5.10 Å². The van der Waals surface area contributed by atoms with Crippen LogP contribution in [0.1, 0.15) is 17.1 Å². The first kappa shape index (κ1) is 20.3. The number of amides is 2. The Balaban J connectivity index is 1.50. The molecule has 0 radical (unpaired) electrons. The third kappa shape index (κ3) is 6.03. The number of carbonyl (C=O) groups is 1. The van der Waals surface area contributed by atoms with Crippen LogP contribution in [0.3, 0.4) is 0 Å². The molecule has 0 atom stereocenters. The van der Waals surface area contributed by atoms with Gasteiger partial charge in [0.2, 0.25) is 10.0 Å². The summed E-state index contributed by atoms with van der Waals surface area (Å²) in [5, 5.41) is 6.41. The van der Waals surface area contributed by atoms with E-state index in [1.165, 1.54) is 6.21 Å². The first-order chi connectivity index (χ1) is 13.9. The molecule has 2 aromatic carbocycles. The molecule has 2 amide bonds. The second-order valence-corrected chi connectivity index (χ2v) is 7.90. The molecule has 0 spiro atoms. The van der Waals surface area contributed by atoms with Gasteiger partial charge in [0.25, 0.3) is 0 Å². The molecule has 1 heterocycles. The number of sulfonamides is 1. The van der Waals surface area contributed by atoms with E-state index in [1.807, 2.05) is 13.0 Å². The molecule has 150 valence electrons. The molecule has 0 unspecified atom stereocenters. The molecular formula is C20H20N4O4S. The highest BCUT2D eigenvalue weighted by Gasteiger charge is 2.14. The fourth-order valence-electron chi connectivity index (χ4n) is 2.36. The first-order valence-corrected chi connectivity index (χ1v) is 10.2. The first-order valence-electron chi connectivity index (χ1n) is 8.72. The van der Waals surface area contributed by atoms with E-state index in [9.17, 15) is 13.2 Å². The monoisotopic (exact) mass is 412 g/mol. The highest BCUT2D eigenvalue weighted by Crippen LogP contribution is 2.12. The van der Waals surface area contributed by atoms with Crippen molar-refractivity contribution in [2.24, 2.45) is 5.10 Å². The van der Waals surface area contributed by atoms with Crippen molar-refractivity contribution in [3.05, 3.63) is 83.8 Å². The summed E-state index contributed by atoms with van der Waals surface area (Å²) in [4.78, 5) is 11.9. The molecule has 3 aromatic rings. The molecule has 29 heavy (non-hydrogen) atoms. The normalized spacial score (nSPS) is 11.5. The highest BCUT2D eigenvalue weighted by atomic mass is 32.2. The van der Waals surface area contributed by atoms with E-state index in [-0.39, 0.29) is 11.4 Å². The van der Waals surface area contributed by atoms with Crippen LogP contribution in [0.4, 0.5) is 10.5 Å². The predicted octanol–water partition coefficient (Wildman–Crippen LogP) is 3.22. The van der Waals surface area contributed by atoms with E-state index in [0.29, 0.717) is 17.2 Å². The van der Waals surface area contributed by atoms with E-state index in [2.05, 4.69) is 20.6 Å². The number of benzene rings is 2. The number of carbonyl (C=O) groups excluding carboxylic acids is 1. The molecule has 0 aliphatic heterocycles. The maximum atomic E-state index is 12.3. The van der Waals surface area contributed by atoms with Gasteiger partial charge in [-0.15, -0.1) is 0 Å². The summed E-state index contributed by atoms with van der Waals surface area (Å²) in [5.74, 6) is 0.783. The third-order valence-corrected chi connectivity index (χ3v) is 5.26.